The molecule has 0 radical (unpaired) electrons. The Hall–Kier alpha value is -1.13. The molecule has 1 fully saturated rings. The van der Waals surface area contributed by atoms with E-state index in [1.807, 2.05) is 12.4 Å². The molecule has 1 unspecified atom stereocenters. The minimum absolute atomic E-state index is 0.431. The molecule has 1 aliphatic rings. The van der Waals surface area contributed by atoms with E-state index in [2.05, 4.69) is 42.0 Å². The third-order valence-corrected chi connectivity index (χ3v) is 3.42. The fourth-order valence-electron chi connectivity index (χ4n) is 2.42. The van der Waals surface area contributed by atoms with E-state index in [0.29, 0.717) is 12.0 Å². The third-order valence-electron chi connectivity index (χ3n) is 3.42. The van der Waals surface area contributed by atoms with Crippen molar-refractivity contribution in [2.24, 2.45) is 5.92 Å². The van der Waals surface area contributed by atoms with Gasteiger partial charge in [0.2, 0.25) is 0 Å². The number of ether oxygens (including phenoxy) is 1. The van der Waals surface area contributed by atoms with Crippen molar-refractivity contribution in [3.05, 3.63) is 24.0 Å². The normalized spacial score (nSPS) is 20.0. The van der Waals surface area contributed by atoms with Crippen LogP contribution in [0, 0.1) is 5.92 Å². The Bertz CT molecular complexity index is 395. The number of hydrogen-bond acceptors (Lipinski definition) is 4. The molecule has 1 saturated heterocycles. The van der Waals surface area contributed by atoms with Gasteiger partial charge in [0.25, 0.3) is 0 Å². The van der Waals surface area contributed by atoms with Gasteiger partial charge in [0.15, 0.2) is 0 Å². The van der Waals surface area contributed by atoms with Crippen LogP contribution in [-0.2, 0) is 11.3 Å². The Kier molecular flexibility index (Phi) is 5.16. The first-order valence-electron chi connectivity index (χ1n) is 7.16. The number of nitrogens with zero attached hydrogens (tertiary/aromatic N) is 2. The Labute approximate surface area is 116 Å². The second-order valence-electron chi connectivity index (χ2n) is 5.65. The number of hydrogen-bond donors (Lipinski definition) is 1. The van der Waals surface area contributed by atoms with Crippen LogP contribution in [0.1, 0.15) is 26.3 Å². The van der Waals surface area contributed by atoms with Crippen molar-refractivity contribution in [1.29, 1.82) is 0 Å². The summed E-state index contributed by atoms with van der Waals surface area (Å²) in [6.07, 6.45) is 3.86. The molecule has 106 valence electrons. The molecule has 4 nitrogen and oxygen atoms in total. The third kappa shape index (κ3) is 3.91. The van der Waals surface area contributed by atoms with Gasteiger partial charge in [-0.25, -0.2) is 0 Å². The van der Waals surface area contributed by atoms with Gasteiger partial charge in [0, 0.05) is 42.8 Å². The molecule has 4 heteroatoms. The Morgan fingerprint density at radius 3 is 3.11 bits per heavy atom. The average molecular weight is 263 g/mol. The smallest absolute Gasteiger partial charge is 0.0668 e. The van der Waals surface area contributed by atoms with Crippen LogP contribution in [0.15, 0.2) is 18.5 Å². The summed E-state index contributed by atoms with van der Waals surface area (Å²) in [6, 6.07) is 2.55. The van der Waals surface area contributed by atoms with Gasteiger partial charge in [-0.3, -0.25) is 4.98 Å². The highest BCUT2D eigenvalue weighted by atomic mass is 16.5. The van der Waals surface area contributed by atoms with Crippen LogP contribution >= 0.6 is 0 Å². The lowest BCUT2D eigenvalue weighted by Gasteiger charge is -2.36. The lowest BCUT2D eigenvalue weighted by atomic mass is 10.1. The zero-order chi connectivity index (χ0) is 13.7. The predicted octanol–water partition coefficient (Wildman–Crippen LogP) is 2.05. The monoisotopic (exact) mass is 263 g/mol. The highest BCUT2D eigenvalue weighted by molar-refractivity contribution is 5.53. The second-order valence-corrected chi connectivity index (χ2v) is 5.65. The Morgan fingerprint density at radius 1 is 1.53 bits per heavy atom. The van der Waals surface area contributed by atoms with E-state index in [1.165, 1.54) is 11.3 Å². The Balaban J connectivity index is 2.06. The average Bonchev–Trinajstić information content (AvgIpc) is 2.40. The van der Waals surface area contributed by atoms with E-state index < -0.39 is 0 Å². The molecule has 1 aromatic rings. The molecule has 0 bridgehead atoms. The van der Waals surface area contributed by atoms with Crippen LogP contribution in [0.4, 0.5) is 5.69 Å². The van der Waals surface area contributed by atoms with Gasteiger partial charge in [-0.2, -0.15) is 0 Å². The predicted molar refractivity (Wildman–Crippen MR) is 78.4 cm³/mol. The molecule has 0 aliphatic carbocycles. The van der Waals surface area contributed by atoms with Crippen molar-refractivity contribution < 1.29 is 4.74 Å². The summed E-state index contributed by atoms with van der Waals surface area (Å²) in [6.45, 7) is 11.2. The maximum atomic E-state index is 5.51. The number of morpholine rings is 1. The highest BCUT2D eigenvalue weighted by Crippen LogP contribution is 2.23. The molecular formula is C15H25N3O. The summed E-state index contributed by atoms with van der Waals surface area (Å²) < 4.78 is 5.51. The minimum atomic E-state index is 0.431. The summed E-state index contributed by atoms with van der Waals surface area (Å²) in [5.74, 6) is 0.669. The molecule has 1 aliphatic heterocycles. The standard InChI is InChI=1S/C15H25N3O/c1-12(2)8-17-10-14-9-16-5-4-15(14)18-6-7-19-11-13(18)3/h4-5,9,12-13,17H,6-8,10-11H2,1-3H3. The Morgan fingerprint density at radius 2 is 2.37 bits per heavy atom. The van der Waals surface area contributed by atoms with E-state index in [0.717, 1.165) is 32.8 Å². The molecule has 0 aromatic carbocycles. The van der Waals surface area contributed by atoms with Crippen LogP contribution in [-0.4, -0.2) is 37.3 Å². The molecule has 0 saturated carbocycles. The van der Waals surface area contributed by atoms with Crippen molar-refractivity contribution in [2.45, 2.75) is 33.4 Å². The number of aromatic nitrogens is 1. The van der Waals surface area contributed by atoms with Crippen LogP contribution in [0.3, 0.4) is 0 Å². The van der Waals surface area contributed by atoms with E-state index in [1.54, 1.807) is 0 Å². The van der Waals surface area contributed by atoms with Crippen molar-refractivity contribution in [1.82, 2.24) is 10.3 Å². The van der Waals surface area contributed by atoms with E-state index >= 15 is 0 Å². The van der Waals surface area contributed by atoms with Gasteiger partial charge < -0.3 is 15.0 Å². The summed E-state index contributed by atoms with van der Waals surface area (Å²) in [7, 11) is 0. The van der Waals surface area contributed by atoms with Crippen LogP contribution in [0.25, 0.3) is 0 Å². The molecule has 2 heterocycles. The van der Waals surface area contributed by atoms with Gasteiger partial charge in [0.1, 0.15) is 0 Å². The van der Waals surface area contributed by atoms with Gasteiger partial charge in [0.05, 0.1) is 13.2 Å². The lowest BCUT2D eigenvalue weighted by Crippen LogP contribution is -2.44. The lowest BCUT2D eigenvalue weighted by molar-refractivity contribution is 0.0988. The summed E-state index contributed by atoms with van der Waals surface area (Å²) in [4.78, 5) is 6.69. The summed E-state index contributed by atoms with van der Waals surface area (Å²) >= 11 is 0. The van der Waals surface area contributed by atoms with Crippen LogP contribution in [0.2, 0.25) is 0 Å². The fourth-order valence-corrected chi connectivity index (χ4v) is 2.42. The minimum Gasteiger partial charge on any atom is -0.377 e. The molecule has 1 N–H and O–H groups in total. The first-order valence-corrected chi connectivity index (χ1v) is 7.16. The number of anilines is 1. The van der Waals surface area contributed by atoms with Crippen molar-refractivity contribution in [3.63, 3.8) is 0 Å². The number of nitrogens with one attached hydrogen (secondary N) is 1. The molecule has 19 heavy (non-hydrogen) atoms. The molecule has 2 rings (SSSR count). The maximum Gasteiger partial charge on any atom is 0.0668 e. The van der Waals surface area contributed by atoms with Gasteiger partial charge in [-0.15, -0.1) is 0 Å². The number of rotatable bonds is 5. The first-order chi connectivity index (χ1) is 9.18. The van der Waals surface area contributed by atoms with E-state index in [4.69, 9.17) is 4.74 Å². The van der Waals surface area contributed by atoms with Crippen LogP contribution < -0.4 is 10.2 Å². The second kappa shape index (κ2) is 6.87. The molecule has 0 amide bonds. The fraction of sp³-hybridized carbons (Fsp3) is 0.667. The zero-order valence-corrected chi connectivity index (χ0v) is 12.2. The molecule has 0 spiro atoms. The molecular weight excluding hydrogens is 238 g/mol. The number of pyridine rings is 1. The molecule has 1 atom stereocenters. The zero-order valence-electron chi connectivity index (χ0n) is 12.2. The van der Waals surface area contributed by atoms with E-state index in [-0.39, 0.29) is 0 Å². The quantitative estimate of drug-likeness (QED) is 0.882. The summed E-state index contributed by atoms with van der Waals surface area (Å²) in [5, 5.41) is 3.50. The van der Waals surface area contributed by atoms with Crippen molar-refractivity contribution >= 4 is 5.69 Å². The van der Waals surface area contributed by atoms with Crippen LogP contribution in [0.5, 0.6) is 0 Å². The molecule has 1 aromatic heterocycles. The van der Waals surface area contributed by atoms with E-state index in [9.17, 15) is 0 Å². The van der Waals surface area contributed by atoms with Gasteiger partial charge >= 0.3 is 0 Å². The van der Waals surface area contributed by atoms with Crippen molar-refractivity contribution in [3.8, 4) is 0 Å². The topological polar surface area (TPSA) is 37.4 Å². The largest absolute Gasteiger partial charge is 0.377 e. The maximum absolute atomic E-state index is 5.51. The SMILES string of the molecule is CC(C)CNCc1cnccc1N1CCOCC1C. The summed E-state index contributed by atoms with van der Waals surface area (Å²) in [5.41, 5.74) is 2.57. The first kappa shape index (κ1) is 14.3. The van der Waals surface area contributed by atoms with Gasteiger partial charge in [-0.05, 0) is 25.5 Å². The van der Waals surface area contributed by atoms with Crippen molar-refractivity contribution in [2.75, 3.05) is 31.2 Å². The highest BCUT2D eigenvalue weighted by Gasteiger charge is 2.21. The van der Waals surface area contributed by atoms with Gasteiger partial charge in [-0.1, -0.05) is 13.8 Å².